The number of nitrogens with one attached hydrogen (secondary N) is 1. The zero-order valence-corrected chi connectivity index (χ0v) is 12.4. The minimum absolute atomic E-state index is 0.119. The van der Waals surface area contributed by atoms with Crippen LogP contribution in [-0.2, 0) is 21.4 Å². The molecule has 1 N–H and O–H groups in total. The molecule has 2 aromatic carbocycles. The molecule has 23 heavy (non-hydrogen) atoms. The number of nitrogens with zero attached hydrogens (tertiary/aromatic N) is 1. The molecule has 8 nitrogen and oxygen atoms in total. The maximum absolute atomic E-state index is 12.3. The maximum Gasteiger partial charge on any atom is 0.338 e. The maximum atomic E-state index is 12.3. The van der Waals surface area contributed by atoms with Crippen molar-refractivity contribution in [3.63, 3.8) is 0 Å². The largest absolute Gasteiger partial charge is 0.457 e. The summed E-state index contributed by atoms with van der Waals surface area (Å²) >= 11 is 0. The molecule has 0 aromatic heterocycles. The highest BCUT2D eigenvalue weighted by Gasteiger charge is 2.23. The predicted octanol–water partition coefficient (Wildman–Crippen LogP) is 2.07. The van der Waals surface area contributed by atoms with Gasteiger partial charge in [0.1, 0.15) is 6.61 Å². The van der Waals surface area contributed by atoms with E-state index in [1.807, 2.05) is 0 Å². The number of esters is 1. The summed E-state index contributed by atoms with van der Waals surface area (Å²) in [6, 6.07) is 9.01. The van der Waals surface area contributed by atoms with E-state index in [1.165, 1.54) is 12.1 Å². The van der Waals surface area contributed by atoms with Gasteiger partial charge in [-0.05, 0) is 24.3 Å². The van der Waals surface area contributed by atoms with Crippen molar-refractivity contribution in [3.8, 4) is 0 Å². The highest BCUT2D eigenvalue weighted by molar-refractivity contribution is 7.92. The van der Waals surface area contributed by atoms with Crippen LogP contribution in [0.4, 0.5) is 11.4 Å². The lowest BCUT2D eigenvalue weighted by atomic mass is 10.1. The summed E-state index contributed by atoms with van der Waals surface area (Å²) in [6.45, 7) is 0.170. The number of hydrogen-bond acceptors (Lipinski definition) is 6. The number of ether oxygens (including phenoxy) is 1. The van der Waals surface area contributed by atoms with Crippen molar-refractivity contribution in [1.82, 2.24) is 0 Å². The Hall–Kier alpha value is -2.94. The standard InChI is InChI=1S/C14H10N2O6S/c17-14-13-7-10(2-1-9(13)8-22-14)15-23(20,21)12-5-3-11(4-6-12)16(18)19/h1-7,15H,8H2. The molecule has 0 bridgehead atoms. The van der Waals surface area contributed by atoms with Gasteiger partial charge in [-0.2, -0.15) is 0 Å². The van der Waals surface area contributed by atoms with Crippen LogP contribution in [0.25, 0.3) is 0 Å². The second-order valence-corrected chi connectivity index (χ2v) is 6.49. The predicted molar refractivity (Wildman–Crippen MR) is 79.5 cm³/mol. The van der Waals surface area contributed by atoms with Gasteiger partial charge in [0.25, 0.3) is 15.7 Å². The molecule has 9 heteroatoms. The van der Waals surface area contributed by atoms with Crippen molar-refractivity contribution in [2.24, 2.45) is 0 Å². The second kappa shape index (κ2) is 5.36. The van der Waals surface area contributed by atoms with Crippen molar-refractivity contribution in [2.75, 3.05) is 4.72 Å². The number of carbonyl (C=O) groups is 1. The molecular weight excluding hydrogens is 324 g/mol. The fraction of sp³-hybridized carbons (Fsp3) is 0.0714. The van der Waals surface area contributed by atoms with Crippen molar-refractivity contribution < 1.29 is 22.9 Å². The number of cyclic esters (lactones) is 1. The van der Waals surface area contributed by atoms with E-state index in [1.54, 1.807) is 6.07 Å². The first-order valence-corrected chi connectivity index (χ1v) is 7.92. The van der Waals surface area contributed by atoms with Crippen LogP contribution in [0.3, 0.4) is 0 Å². The Morgan fingerprint density at radius 3 is 2.48 bits per heavy atom. The molecule has 1 heterocycles. The van der Waals surface area contributed by atoms with Gasteiger partial charge in [0.05, 0.1) is 15.4 Å². The molecule has 0 aliphatic carbocycles. The summed E-state index contributed by atoms with van der Waals surface area (Å²) in [7, 11) is -3.92. The van der Waals surface area contributed by atoms with Gasteiger partial charge >= 0.3 is 5.97 Å². The van der Waals surface area contributed by atoms with E-state index >= 15 is 0 Å². The van der Waals surface area contributed by atoms with E-state index in [2.05, 4.69) is 4.72 Å². The summed E-state index contributed by atoms with van der Waals surface area (Å²) in [6.07, 6.45) is 0. The number of nitro groups is 1. The smallest absolute Gasteiger partial charge is 0.338 e. The highest BCUT2D eigenvalue weighted by atomic mass is 32.2. The Balaban J connectivity index is 1.88. The molecule has 0 spiro atoms. The first-order chi connectivity index (χ1) is 10.9. The Labute approximate surface area is 130 Å². The highest BCUT2D eigenvalue weighted by Crippen LogP contribution is 2.25. The molecule has 1 aliphatic rings. The van der Waals surface area contributed by atoms with Crippen LogP contribution >= 0.6 is 0 Å². The molecule has 0 saturated carbocycles. The molecule has 0 radical (unpaired) electrons. The van der Waals surface area contributed by atoms with Gasteiger partial charge in [0, 0.05) is 23.4 Å². The number of nitro benzene ring substituents is 1. The zero-order chi connectivity index (χ0) is 16.6. The average Bonchev–Trinajstić information content (AvgIpc) is 2.88. The van der Waals surface area contributed by atoms with Crippen LogP contribution in [0.15, 0.2) is 47.4 Å². The third-order valence-corrected chi connectivity index (χ3v) is 4.70. The van der Waals surface area contributed by atoms with Gasteiger partial charge in [-0.1, -0.05) is 6.07 Å². The SMILES string of the molecule is O=C1OCc2ccc(NS(=O)(=O)c3ccc([N+](=O)[O-])cc3)cc21. The monoisotopic (exact) mass is 334 g/mol. The van der Waals surface area contributed by atoms with Gasteiger partial charge in [0.2, 0.25) is 0 Å². The van der Waals surface area contributed by atoms with Crippen molar-refractivity contribution in [2.45, 2.75) is 11.5 Å². The van der Waals surface area contributed by atoms with Crippen LogP contribution in [0.5, 0.6) is 0 Å². The van der Waals surface area contributed by atoms with Gasteiger partial charge in [-0.25, -0.2) is 13.2 Å². The molecule has 0 saturated heterocycles. The molecule has 1 aliphatic heterocycles. The number of anilines is 1. The topological polar surface area (TPSA) is 116 Å². The Bertz CT molecular complexity index is 905. The van der Waals surface area contributed by atoms with E-state index in [0.29, 0.717) is 11.1 Å². The summed E-state index contributed by atoms with van der Waals surface area (Å²) in [4.78, 5) is 21.3. The quantitative estimate of drug-likeness (QED) is 0.520. The van der Waals surface area contributed by atoms with Crippen LogP contribution in [-0.4, -0.2) is 19.3 Å². The van der Waals surface area contributed by atoms with Crippen molar-refractivity contribution in [3.05, 3.63) is 63.7 Å². The number of fused-ring (bicyclic) bond motifs is 1. The molecular formula is C14H10N2O6S. The van der Waals surface area contributed by atoms with Gasteiger partial charge in [-0.3, -0.25) is 14.8 Å². The molecule has 3 rings (SSSR count). The number of sulfonamides is 1. The fourth-order valence-corrected chi connectivity index (χ4v) is 3.19. The number of benzene rings is 2. The van der Waals surface area contributed by atoms with Crippen molar-refractivity contribution >= 4 is 27.4 Å². The van der Waals surface area contributed by atoms with Crippen LogP contribution in [0.1, 0.15) is 15.9 Å². The van der Waals surface area contributed by atoms with E-state index in [-0.39, 0.29) is 22.9 Å². The normalized spacial score (nSPS) is 13.3. The summed E-state index contributed by atoms with van der Waals surface area (Å²) in [5.74, 6) is -0.503. The number of rotatable bonds is 4. The first kappa shape index (κ1) is 15.0. The van der Waals surface area contributed by atoms with Crippen molar-refractivity contribution in [1.29, 1.82) is 0 Å². The summed E-state index contributed by atoms with van der Waals surface area (Å²) in [5, 5.41) is 10.6. The van der Waals surface area contributed by atoms with E-state index in [9.17, 15) is 23.3 Å². The average molecular weight is 334 g/mol. The Kier molecular flexibility index (Phi) is 3.49. The minimum atomic E-state index is -3.92. The lowest BCUT2D eigenvalue weighted by molar-refractivity contribution is -0.384. The molecule has 0 fully saturated rings. The Morgan fingerprint density at radius 1 is 1.13 bits per heavy atom. The third-order valence-electron chi connectivity index (χ3n) is 3.30. The molecule has 0 unspecified atom stereocenters. The van der Waals surface area contributed by atoms with Crippen LogP contribution in [0.2, 0.25) is 0 Å². The zero-order valence-electron chi connectivity index (χ0n) is 11.6. The van der Waals surface area contributed by atoms with E-state index in [0.717, 1.165) is 24.3 Å². The third kappa shape index (κ3) is 2.86. The summed E-state index contributed by atoms with van der Waals surface area (Å²) in [5.41, 5.74) is 1.01. The second-order valence-electron chi connectivity index (χ2n) is 4.80. The van der Waals surface area contributed by atoms with E-state index < -0.39 is 20.9 Å². The minimum Gasteiger partial charge on any atom is -0.457 e. The van der Waals surface area contributed by atoms with Crippen LogP contribution in [0, 0.1) is 10.1 Å². The lowest BCUT2D eigenvalue weighted by Crippen LogP contribution is -2.13. The number of carbonyl (C=O) groups excluding carboxylic acids is 1. The molecule has 118 valence electrons. The fourth-order valence-electron chi connectivity index (χ4n) is 2.14. The lowest BCUT2D eigenvalue weighted by Gasteiger charge is -2.08. The van der Waals surface area contributed by atoms with Crippen LogP contribution < -0.4 is 4.72 Å². The molecule has 0 amide bonds. The Morgan fingerprint density at radius 2 is 1.83 bits per heavy atom. The van der Waals surface area contributed by atoms with Gasteiger partial charge in [-0.15, -0.1) is 0 Å². The number of non-ortho nitro benzene ring substituents is 1. The van der Waals surface area contributed by atoms with E-state index in [4.69, 9.17) is 4.74 Å². The number of hydrogen-bond donors (Lipinski definition) is 1. The molecule has 0 atom stereocenters. The molecule has 2 aromatic rings. The van der Waals surface area contributed by atoms with Gasteiger partial charge < -0.3 is 4.74 Å². The van der Waals surface area contributed by atoms with Gasteiger partial charge in [0.15, 0.2) is 0 Å². The first-order valence-electron chi connectivity index (χ1n) is 6.44. The summed E-state index contributed by atoms with van der Waals surface area (Å²) < 4.78 is 31.7.